The molecule has 1 saturated carbocycles. The maximum atomic E-state index is 10.5. The molecular weight excluding hydrogens is 270 g/mol. The highest BCUT2D eigenvalue weighted by atomic mass is 16.5. The van der Waals surface area contributed by atoms with Gasteiger partial charge >= 0.3 is 0 Å². The molecule has 5 heteroatoms. The molecule has 1 aromatic carbocycles. The van der Waals surface area contributed by atoms with E-state index in [1.54, 1.807) is 33.5 Å². The minimum atomic E-state index is -0.570. The molecule has 2 atom stereocenters. The van der Waals surface area contributed by atoms with Gasteiger partial charge in [0.2, 0.25) is 0 Å². The van der Waals surface area contributed by atoms with Gasteiger partial charge in [-0.25, -0.2) is 0 Å². The summed E-state index contributed by atoms with van der Waals surface area (Å²) in [7, 11) is 4.73. The van der Waals surface area contributed by atoms with Crippen LogP contribution in [0.2, 0.25) is 0 Å². The van der Waals surface area contributed by atoms with E-state index in [1.807, 2.05) is 0 Å². The summed E-state index contributed by atoms with van der Waals surface area (Å²) in [6, 6.07) is 3.04. The molecule has 1 aromatic rings. The lowest BCUT2D eigenvalue weighted by Gasteiger charge is -2.26. The molecule has 2 rings (SSSR count). The second-order valence-corrected chi connectivity index (χ2v) is 5.51. The van der Waals surface area contributed by atoms with Gasteiger partial charge in [-0.15, -0.1) is 0 Å². The van der Waals surface area contributed by atoms with Crippen molar-refractivity contribution in [2.24, 2.45) is 11.7 Å². The molecule has 0 aromatic heterocycles. The van der Waals surface area contributed by atoms with Crippen LogP contribution in [-0.2, 0) is 0 Å². The summed E-state index contributed by atoms with van der Waals surface area (Å²) in [4.78, 5) is 0. The molecule has 0 saturated heterocycles. The SMILES string of the molecule is COc1cc(OC)c([C@H](N)[C@H](O)C2CCCC2)cc1OC. The summed E-state index contributed by atoms with van der Waals surface area (Å²) in [5.74, 6) is 2.04. The molecule has 0 amide bonds. The predicted molar refractivity (Wildman–Crippen MR) is 81.0 cm³/mol. The highest BCUT2D eigenvalue weighted by Crippen LogP contribution is 2.40. The van der Waals surface area contributed by atoms with Crippen molar-refractivity contribution in [1.29, 1.82) is 0 Å². The maximum Gasteiger partial charge on any atom is 0.164 e. The summed E-state index contributed by atoms with van der Waals surface area (Å²) < 4.78 is 16.0. The minimum Gasteiger partial charge on any atom is -0.496 e. The molecule has 3 N–H and O–H groups in total. The van der Waals surface area contributed by atoms with E-state index in [2.05, 4.69) is 0 Å². The molecule has 0 spiro atoms. The van der Waals surface area contributed by atoms with Crippen molar-refractivity contribution >= 4 is 0 Å². The lowest BCUT2D eigenvalue weighted by Crippen LogP contribution is -2.32. The van der Waals surface area contributed by atoms with E-state index in [1.165, 1.54) is 0 Å². The first kappa shape index (κ1) is 15.9. The van der Waals surface area contributed by atoms with Crippen LogP contribution in [0.1, 0.15) is 37.3 Å². The van der Waals surface area contributed by atoms with Crippen molar-refractivity contribution in [2.45, 2.75) is 37.8 Å². The number of hydrogen-bond donors (Lipinski definition) is 2. The van der Waals surface area contributed by atoms with Gasteiger partial charge in [0, 0.05) is 11.6 Å². The topological polar surface area (TPSA) is 73.9 Å². The van der Waals surface area contributed by atoms with Crippen LogP contribution in [0.3, 0.4) is 0 Å². The Morgan fingerprint density at radius 3 is 2.05 bits per heavy atom. The van der Waals surface area contributed by atoms with E-state index in [9.17, 15) is 5.11 Å². The number of methoxy groups -OCH3 is 3. The Labute approximate surface area is 126 Å². The number of ether oxygens (including phenoxy) is 3. The van der Waals surface area contributed by atoms with Crippen LogP contribution in [0.15, 0.2) is 12.1 Å². The predicted octanol–water partition coefficient (Wildman–Crippen LogP) is 2.26. The standard InChI is InChI=1S/C16H25NO4/c1-19-12-9-14(21-3)13(20-2)8-11(12)15(17)16(18)10-6-4-5-7-10/h8-10,15-16,18H,4-7,17H2,1-3H3/t15-,16+/m0/s1. The monoisotopic (exact) mass is 295 g/mol. The van der Waals surface area contributed by atoms with E-state index in [0.29, 0.717) is 17.2 Å². The van der Waals surface area contributed by atoms with Crippen molar-refractivity contribution < 1.29 is 19.3 Å². The zero-order chi connectivity index (χ0) is 15.4. The Bertz CT molecular complexity index is 472. The lowest BCUT2D eigenvalue weighted by atomic mass is 9.90. The van der Waals surface area contributed by atoms with Crippen LogP contribution in [0.4, 0.5) is 0 Å². The van der Waals surface area contributed by atoms with Crippen LogP contribution in [0, 0.1) is 5.92 Å². The maximum absolute atomic E-state index is 10.5. The smallest absolute Gasteiger partial charge is 0.164 e. The van der Waals surface area contributed by atoms with Crippen LogP contribution in [0.25, 0.3) is 0 Å². The number of aliphatic hydroxyl groups excluding tert-OH is 1. The number of benzene rings is 1. The Balaban J connectivity index is 2.31. The Hall–Kier alpha value is -1.46. The Morgan fingerprint density at radius 1 is 1.00 bits per heavy atom. The van der Waals surface area contributed by atoms with E-state index >= 15 is 0 Å². The van der Waals surface area contributed by atoms with Gasteiger partial charge in [0.25, 0.3) is 0 Å². The summed E-state index contributed by atoms with van der Waals surface area (Å²) in [5, 5.41) is 10.5. The van der Waals surface area contributed by atoms with Crippen molar-refractivity contribution in [3.05, 3.63) is 17.7 Å². The van der Waals surface area contributed by atoms with E-state index in [0.717, 1.165) is 31.2 Å². The van der Waals surface area contributed by atoms with Gasteiger partial charge < -0.3 is 25.1 Å². The summed E-state index contributed by atoms with van der Waals surface area (Å²) in [6.07, 6.45) is 3.82. The molecule has 0 radical (unpaired) electrons. The van der Waals surface area contributed by atoms with Gasteiger partial charge in [-0.05, 0) is 24.8 Å². The fraction of sp³-hybridized carbons (Fsp3) is 0.625. The lowest BCUT2D eigenvalue weighted by molar-refractivity contribution is 0.0835. The molecule has 0 unspecified atom stereocenters. The van der Waals surface area contributed by atoms with Gasteiger partial charge in [-0.1, -0.05) is 12.8 Å². The highest BCUT2D eigenvalue weighted by molar-refractivity contribution is 5.52. The normalized spacial score (nSPS) is 18.3. The van der Waals surface area contributed by atoms with Crippen LogP contribution in [0.5, 0.6) is 17.2 Å². The van der Waals surface area contributed by atoms with Crippen LogP contribution in [-0.4, -0.2) is 32.5 Å². The van der Waals surface area contributed by atoms with Gasteiger partial charge in [0.1, 0.15) is 5.75 Å². The first-order valence-electron chi connectivity index (χ1n) is 7.36. The highest BCUT2D eigenvalue weighted by Gasteiger charge is 2.31. The van der Waals surface area contributed by atoms with Gasteiger partial charge in [-0.3, -0.25) is 0 Å². The zero-order valence-electron chi connectivity index (χ0n) is 13.0. The van der Waals surface area contributed by atoms with Crippen molar-refractivity contribution in [3.63, 3.8) is 0 Å². The second-order valence-electron chi connectivity index (χ2n) is 5.51. The van der Waals surface area contributed by atoms with Gasteiger partial charge in [0.05, 0.1) is 33.5 Å². The fourth-order valence-corrected chi connectivity index (χ4v) is 3.09. The minimum absolute atomic E-state index is 0.262. The van der Waals surface area contributed by atoms with E-state index in [4.69, 9.17) is 19.9 Å². The average molecular weight is 295 g/mol. The quantitative estimate of drug-likeness (QED) is 0.842. The van der Waals surface area contributed by atoms with E-state index in [-0.39, 0.29) is 5.92 Å². The third-order valence-corrected chi connectivity index (χ3v) is 4.35. The second kappa shape index (κ2) is 7.00. The summed E-state index contributed by atoms with van der Waals surface area (Å²) in [6.45, 7) is 0. The third-order valence-electron chi connectivity index (χ3n) is 4.35. The molecule has 0 bridgehead atoms. The van der Waals surface area contributed by atoms with Crippen molar-refractivity contribution in [1.82, 2.24) is 0 Å². The number of aliphatic hydroxyl groups is 1. The first-order valence-corrected chi connectivity index (χ1v) is 7.36. The Kier molecular flexibility index (Phi) is 5.31. The molecule has 1 fully saturated rings. The zero-order valence-corrected chi connectivity index (χ0v) is 13.0. The average Bonchev–Trinajstić information content (AvgIpc) is 3.06. The molecule has 118 valence electrons. The molecule has 1 aliphatic rings. The molecular formula is C16H25NO4. The molecule has 5 nitrogen and oxygen atoms in total. The molecule has 1 aliphatic carbocycles. The number of rotatable bonds is 6. The molecule has 21 heavy (non-hydrogen) atoms. The van der Waals surface area contributed by atoms with Crippen LogP contribution >= 0.6 is 0 Å². The molecule has 0 heterocycles. The van der Waals surface area contributed by atoms with Crippen molar-refractivity contribution in [2.75, 3.05) is 21.3 Å². The summed E-state index contributed by atoms with van der Waals surface area (Å²) in [5.41, 5.74) is 7.03. The van der Waals surface area contributed by atoms with Crippen LogP contribution < -0.4 is 19.9 Å². The number of nitrogens with two attached hydrogens (primary N) is 1. The van der Waals surface area contributed by atoms with E-state index < -0.39 is 12.1 Å². The largest absolute Gasteiger partial charge is 0.496 e. The molecule has 0 aliphatic heterocycles. The van der Waals surface area contributed by atoms with Gasteiger partial charge in [-0.2, -0.15) is 0 Å². The summed E-state index contributed by atoms with van der Waals surface area (Å²) >= 11 is 0. The third kappa shape index (κ3) is 3.24. The first-order chi connectivity index (χ1) is 10.1. The van der Waals surface area contributed by atoms with Crippen molar-refractivity contribution in [3.8, 4) is 17.2 Å². The van der Waals surface area contributed by atoms with Gasteiger partial charge in [0.15, 0.2) is 11.5 Å². The Morgan fingerprint density at radius 2 is 1.52 bits per heavy atom. The number of hydrogen-bond acceptors (Lipinski definition) is 5. The fourth-order valence-electron chi connectivity index (χ4n) is 3.09.